The number of aromatic nitrogens is 2. The highest BCUT2D eigenvalue weighted by Crippen LogP contribution is 2.51. The van der Waals surface area contributed by atoms with Crippen molar-refractivity contribution in [3.05, 3.63) is 164 Å². The first kappa shape index (κ1) is 26.4. The zero-order valence-corrected chi connectivity index (χ0v) is 26.3. The van der Waals surface area contributed by atoms with Gasteiger partial charge >= 0.3 is 0 Å². The van der Waals surface area contributed by atoms with E-state index in [0.29, 0.717) is 0 Å². The normalized spacial score (nSPS) is 12.4. The second-order valence-electron chi connectivity index (χ2n) is 12.7. The maximum absolute atomic E-state index is 6.37. The van der Waals surface area contributed by atoms with Crippen LogP contribution in [0.3, 0.4) is 0 Å². The summed E-state index contributed by atoms with van der Waals surface area (Å²) in [6.45, 7) is 0. The average Bonchev–Trinajstić information content (AvgIpc) is 3.73. The molecule has 0 bridgehead atoms. The Bertz CT molecular complexity index is 2900. The third kappa shape index (κ3) is 3.66. The molecule has 8 aromatic carbocycles. The quantitative estimate of drug-likeness (QED) is 0.183. The van der Waals surface area contributed by atoms with Gasteiger partial charge < -0.3 is 9.32 Å². The largest absolute Gasteiger partial charge is 0.456 e. The van der Waals surface area contributed by atoms with Gasteiger partial charge in [0, 0.05) is 22.0 Å². The summed E-state index contributed by atoms with van der Waals surface area (Å²) >= 11 is 0. The van der Waals surface area contributed by atoms with Gasteiger partial charge in [-0.3, -0.25) is 4.57 Å². The summed E-state index contributed by atoms with van der Waals surface area (Å²) in [5, 5.41) is 6.96. The molecule has 0 saturated carbocycles. The Morgan fingerprint density at radius 2 is 1.02 bits per heavy atom. The lowest BCUT2D eigenvalue weighted by molar-refractivity contribution is 0.669. The van der Waals surface area contributed by atoms with Gasteiger partial charge in [0.25, 0.3) is 0 Å². The van der Waals surface area contributed by atoms with Crippen LogP contribution in [-0.2, 0) is 0 Å². The molecule has 0 amide bonds. The minimum Gasteiger partial charge on any atom is -0.456 e. The van der Waals surface area contributed by atoms with E-state index in [9.17, 15) is 0 Å². The molecule has 0 N–H and O–H groups in total. The van der Waals surface area contributed by atoms with E-state index in [4.69, 9.17) is 9.40 Å². The van der Waals surface area contributed by atoms with E-state index in [1.165, 1.54) is 16.3 Å². The van der Waals surface area contributed by atoms with E-state index in [1.54, 1.807) is 0 Å². The van der Waals surface area contributed by atoms with Crippen LogP contribution < -0.4 is 4.90 Å². The summed E-state index contributed by atoms with van der Waals surface area (Å²) in [4.78, 5) is 7.83. The van der Waals surface area contributed by atoms with Crippen LogP contribution in [0.4, 0.5) is 17.1 Å². The Labute approximate surface area is 281 Å². The van der Waals surface area contributed by atoms with Gasteiger partial charge in [-0.25, -0.2) is 4.98 Å². The Morgan fingerprint density at radius 3 is 1.78 bits per heavy atom. The van der Waals surface area contributed by atoms with Crippen molar-refractivity contribution in [3.8, 4) is 28.2 Å². The minimum atomic E-state index is 0.895. The number of anilines is 3. The summed E-state index contributed by atoms with van der Waals surface area (Å²) in [6.07, 6.45) is 0. The predicted molar refractivity (Wildman–Crippen MR) is 202 cm³/mol. The number of hydrogen-bond donors (Lipinski definition) is 0. The molecular weight excluding hydrogens is 599 g/mol. The lowest BCUT2D eigenvalue weighted by atomic mass is 9.88. The topological polar surface area (TPSA) is 34.2 Å². The zero-order chi connectivity index (χ0) is 32.1. The van der Waals surface area contributed by atoms with Crippen LogP contribution >= 0.6 is 0 Å². The fourth-order valence-corrected chi connectivity index (χ4v) is 8.08. The van der Waals surface area contributed by atoms with Crippen molar-refractivity contribution < 1.29 is 4.42 Å². The Morgan fingerprint density at radius 1 is 0.429 bits per heavy atom. The maximum atomic E-state index is 6.37. The summed E-state index contributed by atoms with van der Waals surface area (Å²) in [7, 11) is 0. The lowest BCUT2D eigenvalue weighted by Gasteiger charge is -2.33. The Hall–Kier alpha value is -6.65. The van der Waals surface area contributed by atoms with Gasteiger partial charge in [0.15, 0.2) is 0 Å². The zero-order valence-electron chi connectivity index (χ0n) is 26.3. The third-order valence-corrected chi connectivity index (χ3v) is 10.1. The molecule has 10 aromatic rings. The van der Waals surface area contributed by atoms with Gasteiger partial charge in [-0.1, -0.05) is 109 Å². The smallest absolute Gasteiger partial charge is 0.147 e. The number of rotatable bonds is 3. The number of imidazole rings is 1. The van der Waals surface area contributed by atoms with Crippen LogP contribution in [0, 0.1) is 0 Å². The molecule has 0 atom stereocenters. The van der Waals surface area contributed by atoms with E-state index in [0.717, 1.165) is 83.4 Å². The molecule has 11 rings (SSSR count). The number of nitrogens with zero attached hydrogens (tertiary/aromatic N) is 3. The highest BCUT2D eigenvalue weighted by atomic mass is 16.3. The monoisotopic (exact) mass is 625 g/mol. The van der Waals surface area contributed by atoms with Crippen LogP contribution in [0.15, 0.2) is 168 Å². The Kier molecular flexibility index (Phi) is 5.35. The third-order valence-electron chi connectivity index (χ3n) is 10.1. The van der Waals surface area contributed by atoms with Crippen LogP contribution in [0.5, 0.6) is 0 Å². The molecule has 4 heteroatoms. The molecule has 0 radical (unpaired) electrons. The first-order chi connectivity index (χ1) is 24.3. The highest BCUT2D eigenvalue weighted by Gasteiger charge is 2.30. The van der Waals surface area contributed by atoms with Gasteiger partial charge in [-0.05, 0) is 87.3 Å². The molecule has 1 aliphatic rings. The van der Waals surface area contributed by atoms with Gasteiger partial charge in [0.05, 0.1) is 28.1 Å². The van der Waals surface area contributed by atoms with Gasteiger partial charge in [0.2, 0.25) is 0 Å². The molecule has 0 saturated heterocycles. The van der Waals surface area contributed by atoms with Crippen molar-refractivity contribution in [2.75, 3.05) is 4.90 Å². The van der Waals surface area contributed by atoms with Gasteiger partial charge in [-0.2, -0.15) is 0 Å². The van der Waals surface area contributed by atoms with Crippen molar-refractivity contribution in [2.24, 2.45) is 0 Å². The van der Waals surface area contributed by atoms with E-state index < -0.39 is 0 Å². The Balaban J connectivity index is 1.24. The fourth-order valence-electron chi connectivity index (χ4n) is 8.08. The van der Waals surface area contributed by atoms with Gasteiger partial charge in [0.1, 0.15) is 17.0 Å². The molecule has 3 heterocycles. The molecule has 2 aromatic heterocycles. The molecule has 0 aliphatic carbocycles. The van der Waals surface area contributed by atoms with Crippen molar-refractivity contribution in [3.63, 3.8) is 0 Å². The minimum absolute atomic E-state index is 0.895. The number of hydrogen-bond acceptors (Lipinski definition) is 3. The van der Waals surface area contributed by atoms with Crippen molar-refractivity contribution in [2.45, 2.75) is 0 Å². The molecule has 0 spiro atoms. The van der Waals surface area contributed by atoms with Gasteiger partial charge in [-0.15, -0.1) is 0 Å². The molecule has 1 aliphatic heterocycles. The van der Waals surface area contributed by atoms with Crippen LogP contribution in [0.25, 0.3) is 82.7 Å². The lowest BCUT2D eigenvalue weighted by Crippen LogP contribution is -2.18. The molecule has 0 unspecified atom stereocenters. The first-order valence-electron chi connectivity index (χ1n) is 16.6. The van der Waals surface area contributed by atoms with E-state index >= 15 is 0 Å². The van der Waals surface area contributed by atoms with E-state index in [2.05, 4.69) is 161 Å². The van der Waals surface area contributed by atoms with Crippen LogP contribution in [0.1, 0.15) is 0 Å². The molecular formula is C45H27N3O. The average molecular weight is 626 g/mol. The number of benzene rings is 8. The molecule has 4 nitrogen and oxygen atoms in total. The van der Waals surface area contributed by atoms with E-state index in [1.807, 2.05) is 12.1 Å². The summed E-state index contributed by atoms with van der Waals surface area (Å²) in [6, 6.07) is 58.2. The highest BCUT2D eigenvalue weighted by molar-refractivity contribution is 6.22. The second-order valence-corrected chi connectivity index (χ2v) is 12.7. The predicted octanol–water partition coefficient (Wildman–Crippen LogP) is 12.3. The molecule has 0 fully saturated rings. The molecule has 228 valence electrons. The number of fused-ring (bicyclic) bond motifs is 7. The van der Waals surface area contributed by atoms with Crippen molar-refractivity contribution >= 4 is 71.6 Å². The van der Waals surface area contributed by atoms with E-state index in [-0.39, 0.29) is 0 Å². The maximum Gasteiger partial charge on any atom is 0.147 e. The summed E-state index contributed by atoms with van der Waals surface area (Å²) < 4.78 is 8.75. The summed E-state index contributed by atoms with van der Waals surface area (Å²) in [5.41, 5.74) is 11.8. The fraction of sp³-hybridized carbons (Fsp3) is 0. The number of para-hydroxylation sites is 5. The molecule has 49 heavy (non-hydrogen) atoms. The first-order valence-corrected chi connectivity index (χ1v) is 16.6. The van der Waals surface area contributed by atoms with Crippen molar-refractivity contribution in [1.29, 1.82) is 0 Å². The summed E-state index contributed by atoms with van der Waals surface area (Å²) in [5.74, 6) is 0.939. The van der Waals surface area contributed by atoms with Crippen LogP contribution in [-0.4, -0.2) is 9.55 Å². The standard InChI is InChI=1S/C45H27N3O/c1-2-13-29(14-3-1)47-37-21-9-10-22-38(37)48-44-36(20-12-23-39(44)47)46-45(48)43-34-18-6-4-16-32(34)42(33-17-5-7-19-35(33)43)28-25-26-31-30-15-8-11-24-40(30)49-41(31)27-28/h1-27H. The SMILES string of the molecule is c1ccc(N2c3ccccc3-n3c(-c4c5ccccc5c(-c5ccc6c(c5)oc5ccccc56)c5ccccc45)nc4cccc2c43)cc1. The van der Waals surface area contributed by atoms with Crippen LogP contribution in [0.2, 0.25) is 0 Å². The second kappa shape index (κ2) is 9.93. The number of furan rings is 1. The van der Waals surface area contributed by atoms with Crippen molar-refractivity contribution in [1.82, 2.24) is 9.55 Å².